The van der Waals surface area contributed by atoms with Crippen LogP contribution >= 0.6 is 15.9 Å². The Bertz CT molecular complexity index is 723. The van der Waals surface area contributed by atoms with Gasteiger partial charge >= 0.3 is 0 Å². The van der Waals surface area contributed by atoms with Gasteiger partial charge in [-0.25, -0.2) is 4.39 Å². The fraction of sp³-hybridized carbons (Fsp3) is 0.133. The van der Waals surface area contributed by atoms with Crippen molar-refractivity contribution in [3.63, 3.8) is 0 Å². The van der Waals surface area contributed by atoms with Crippen molar-refractivity contribution in [1.82, 2.24) is 0 Å². The summed E-state index contributed by atoms with van der Waals surface area (Å²) >= 11 is 3.15. The summed E-state index contributed by atoms with van der Waals surface area (Å²) in [6, 6.07) is 8.95. The summed E-state index contributed by atoms with van der Waals surface area (Å²) in [6.45, 7) is 1.69. The van der Waals surface area contributed by atoms with Crippen LogP contribution in [0.3, 0.4) is 0 Å². The number of rotatable bonds is 2. The van der Waals surface area contributed by atoms with Gasteiger partial charge in [0.25, 0.3) is 0 Å². The molecule has 2 rings (SSSR count). The van der Waals surface area contributed by atoms with Crippen LogP contribution in [0.5, 0.6) is 5.75 Å². The molecule has 0 aliphatic heterocycles. The SMILES string of the molecule is COc1c(Br)c(F)c(-c2cccc(N)c2)c(C)c1C#N. The Labute approximate surface area is 124 Å². The van der Waals surface area contributed by atoms with Crippen LogP contribution in [0, 0.1) is 24.1 Å². The molecular weight excluding hydrogens is 323 g/mol. The minimum atomic E-state index is -0.469. The van der Waals surface area contributed by atoms with E-state index >= 15 is 0 Å². The summed E-state index contributed by atoms with van der Waals surface area (Å²) in [7, 11) is 1.40. The van der Waals surface area contributed by atoms with Gasteiger partial charge in [0.1, 0.15) is 11.9 Å². The molecule has 3 nitrogen and oxygen atoms in total. The third-order valence-corrected chi connectivity index (χ3v) is 3.79. The maximum absolute atomic E-state index is 14.6. The number of nitrogens with two attached hydrogens (primary N) is 1. The molecular formula is C15H12BrFN2O. The number of hydrogen-bond donors (Lipinski definition) is 1. The van der Waals surface area contributed by atoms with Gasteiger partial charge in [-0.15, -0.1) is 0 Å². The highest BCUT2D eigenvalue weighted by atomic mass is 79.9. The first-order chi connectivity index (χ1) is 9.51. The molecule has 0 fully saturated rings. The Kier molecular flexibility index (Phi) is 3.96. The summed E-state index contributed by atoms with van der Waals surface area (Å²) in [5.74, 6) is -0.265. The van der Waals surface area contributed by atoms with E-state index in [1.165, 1.54) is 7.11 Å². The first-order valence-electron chi connectivity index (χ1n) is 5.82. The molecule has 0 aliphatic rings. The lowest BCUT2D eigenvalue weighted by molar-refractivity contribution is 0.406. The van der Waals surface area contributed by atoms with Crippen molar-refractivity contribution in [2.24, 2.45) is 0 Å². The van der Waals surface area contributed by atoms with Crippen LogP contribution in [0.1, 0.15) is 11.1 Å². The van der Waals surface area contributed by atoms with E-state index in [1.807, 2.05) is 0 Å². The van der Waals surface area contributed by atoms with Gasteiger partial charge in [-0.1, -0.05) is 12.1 Å². The van der Waals surface area contributed by atoms with Crippen LogP contribution in [0.2, 0.25) is 0 Å². The van der Waals surface area contributed by atoms with Crippen molar-refractivity contribution in [3.05, 3.63) is 45.7 Å². The Morgan fingerprint density at radius 1 is 1.40 bits per heavy atom. The van der Waals surface area contributed by atoms with Crippen LogP contribution in [-0.2, 0) is 0 Å². The lowest BCUT2D eigenvalue weighted by Gasteiger charge is -2.15. The van der Waals surface area contributed by atoms with Gasteiger partial charge in [-0.2, -0.15) is 5.26 Å². The Morgan fingerprint density at radius 2 is 2.10 bits per heavy atom. The van der Waals surface area contributed by atoms with Gasteiger partial charge in [0.05, 0.1) is 17.1 Å². The molecule has 0 unspecified atom stereocenters. The number of nitrogens with zero attached hydrogens (tertiary/aromatic N) is 1. The summed E-state index contributed by atoms with van der Waals surface area (Å²) in [5, 5.41) is 9.27. The van der Waals surface area contributed by atoms with E-state index in [9.17, 15) is 9.65 Å². The molecule has 0 spiro atoms. The average Bonchev–Trinajstić information content (AvgIpc) is 2.42. The predicted molar refractivity (Wildman–Crippen MR) is 80.0 cm³/mol. The molecule has 0 saturated carbocycles. The van der Waals surface area contributed by atoms with E-state index < -0.39 is 5.82 Å². The second kappa shape index (κ2) is 5.51. The number of halogens is 2. The standard InChI is InChI=1S/C15H12BrFN2O/c1-8-11(7-18)15(20-2)13(16)14(17)12(8)9-4-3-5-10(19)6-9/h3-6H,19H2,1-2H3. The zero-order valence-electron chi connectivity index (χ0n) is 11.0. The van der Waals surface area contributed by atoms with Crippen LogP contribution in [0.25, 0.3) is 11.1 Å². The number of methoxy groups -OCH3 is 1. The highest BCUT2D eigenvalue weighted by Gasteiger charge is 2.22. The monoisotopic (exact) mass is 334 g/mol. The van der Waals surface area contributed by atoms with Gasteiger partial charge in [0.15, 0.2) is 5.75 Å². The lowest BCUT2D eigenvalue weighted by Crippen LogP contribution is -2.00. The minimum absolute atomic E-state index is 0.138. The Morgan fingerprint density at radius 3 is 2.65 bits per heavy atom. The van der Waals surface area contributed by atoms with Crippen molar-refractivity contribution in [2.45, 2.75) is 6.92 Å². The molecule has 0 saturated heterocycles. The first kappa shape index (κ1) is 14.4. The van der Waals surface area contributed by atoms with Crippen molar-refractivity contribution in [3.8, 4) is 22.9 Å². The van der Waals surface area contributed by atoms with Crippen LogP contribution in [0.4, 0.5) is 10.1 Å². The quantitative estimate of drug-likeness (QED) is 0.843. The van der Waals surface area contributed by atoms with Crippen molar-refractivity contribution >= 4 is 21.6 Å². The number of nitrogen functional groups attached to an aromatic ring is 1. The van der Waals surface area contributed by atoms with E-state index in [2.05, 4.69) is 22.0 Å². The Balaban J connectivity index is 2.85. The maximum atomic E-state index is 14.6. The molecule has 102 valence electrons. The van der Waals surface area contributed by atoms with E-state index in [0.29, 0.717) is 27.9 Å². The molecule has 20 heavy (non-hydrogen) atoms. The van der Waals surface area contributed by atoms with Crippen LogP contribution < -0.4 is 10.5 Å². The smallest absolute Gasteiger partial charge is 0.154 e. The van der Waals surface area contributed by atoms with Crippen LogP contribution in [-0.4, -0.2) is 7.11 Å². The first-order valence-corrected chi connectivity index (χ1v) is 6.62. The van der Waals surface area contributed by atoms with Crippen molar-refractivity contribution in [1.29, 1.82) is 5.26 Å². The van der Waals surface area contributed by atoms with Crippen molar-refractivity contribution < 1.29 is 9.13 Å². The van der Waals surface area contributed by atoms with Gasteiger partial charge < -0.3 is 10.5 Å². The summed E-state index contributed by atoms with van der Waals surface area (Å²) in [6.07, 6.45) is 0. The van der Waals surface area contributed by atoms with Gasteiger partial charge in [-0.3, -0.25) is 0 Å². The molecule has 0 atom stereocenters. The fourth-order valence-corrected chi connectivity index (χ4v) is 2.70. The van der Waals surface area contributed by atoms with Crippen LogP contribution in [0.15, 0.2) is 28.7 Å². The van der Waals surface area contributed by atoms with Crippen molar-refractivity contribution in [2.75, 3.05) is 12.8 Å². The zero-order chi connectivity index (χ0) is 14.9. The van der Waals surface area contributed by atoms with E-state index in [-0.39, 0.29) is 10.2 Å². The largest absolute Gasteiger partial charge is 0.494 e. The summed E-state index contributed by atoms with van der Waals surface area (Å²) < 4.78 is 19.8. The Hall–Kier alpha value is -2.06. The molecule has 0 amide bonds. The van der Waals surface area contributed by atoms with Gasteiger partial charge in [0, 0.05) is 11.3 Å². The number of anilines is 1. The second-order valence-electron chi connectivity index (χ2n) is 4.27. The van der Waals surface area contributed by atoms with Gasteiger partial charge in [-0.05, 0) is 46.1 Å². The minimum Gasteiger partial charge on any atom is -0.494 e. The number of benzene rings is 2. The van der Waals surface area contributed by atoms with E-state index in [1.54, 1.807) is 31.2 Å². The molecule has 5 heteroatoms. The molecule has 2 N–H and O–H groups in total. The highest BCUT2D eigenvalue weighted by molar-refractivity contribution is 9.10. The average molecular weight is 335 g/mol. The number of hydrogen-bond acceptors (Lipinski definition) is 3. The van der Waals surface area contributed by atoms with E-state index in [4.69, 9.17) is 10.5 Å². The highest BCUT2D eigenvalue weighted by Crippen LogP contribution is 2.41. The predicted octanol–water partition coefficient (Wildman–Crippen LogP) is 4.03. The fourth-order valence-electron chi connectivity index (χ4n) is 2.14. The molecule has 0 bridgehead atoms. The molecule has 0 radical (unpaired) electrons. The topological polar surface area (TPSA) is 59.0 Å². The number of nitriles is 1. The number of ether oxygens (including phenoxy) is 1. The summed E-state index contributed by atoms with van der Waals surface area (Å²) in [5.41, 5.74) is 8.07. The lowest BCUT2D eigenvalue weighted by atomic mass is 9.95. The molecule has 0 aliphatic carbocycles. The molecule has 2 aromatic carbocycles. The zero-order valence-corrected chi connectivity index (χ0v) is 12.6. The summed E-state index contributed by atoms with van der Waals surface area (Å²) in [4.78, 5) is 0. The third-order valence-electron chi connectivity index (χ3n) is 3.08. The molecule has 0 aromatic heterocycles. The third kappa shape index (κ3) is 2.23. The maximum Gasteiger partial charge on any atom is 0.154 e. The van der Waals surface area contributed by atoms with E-state index in [0.717, 1.165) is 0 Å². The molecule has 0 heterocycles. The second-order valence-corrected chi connectivity index (χ2v) is 5.07. The normalized spacial score (nSPS) is 10.2. The molecule has 2 aromatic rings. The van der Waals surface area contributed by atoms with Gasteiger partial charge in [0.2, 0.25) is 0 Å².